The molecule has 0 aromatic carbocycles. The first-order valence-corrected chi connectivity index (χ1v) is 6.36. The number of aryl methyl sites for hydroxylation is 1. The smallest absolute Gasteiger partial charge is 0.141 e. The van der Waals surface area contributed by atoms with Gasteiger partial charge in [0.15, 0.2) is 0 Å². The highest BCUT2D eigenvalue weighted by Gasteiger charge is 2.08. The predicted octanol–water partition coefficient (Wildman–Crippen LogP) is 1.77. The average molecular weight is 261 g/mol. The number of amidine groups is 1. The zero-order valence-corrected chi connectivity index (χ0v) is 11.2. The fraction of sp³-hybridized carbons (Fsp3) is 0.250. The summed E-state index contributed by atoms with van der Waals surface area (Å²) in [5, 5.41) is 7.39. The number of hydrogen-bond acceptors (Lipinski definition) is 5. The average Bonchev–Trinajstić information content (AvgIpc) is 2.75. The van der Waals surface area contributed by atoms with Crippen molar-refractivity contribution in [2.75, 3.05) is 11.9 Å². The Balaban J connectivity index is 2.18. The molecule has 0 bridgehead atoms. The Kier molecular flexibility index (Phi) is 3.57. The van der Waals surface area contributed by atoms with Gasteiger partial charge in [0.25, 0.3) is 0 Å². The quantitative estimate of drug-likeness (QED) is 0.649. The minimum Gasteiger partial charge on any atom is -0.382 e. The first-order chi connectivity index (χ1) is 8.58. The number of aromatic nitrogens is 2. The second kappa shape index (κ2) is 5.14. The lowest BCUT2D eigenvalue weighted by Crippen LogP contribution is -2.18. The fourth-order valence-corrected chi connectivity index (χ4v) is 2.42. The van der Waals surface area contributed by atoms with Gasteiger partial charge < -0.3 is 10.6 Å². The van der Waals surface area contributed by atoms with Crippen LogP contribution in [0.15, 0.2) is 23.8 Å². The van der Waals surface area contributed by atoms with E-state index in [1.54, 1.807) is 17.5 Å². The van der Waals surface area contributed by atoms with Crippen LogP contribution in [0, 0.1) is 12.3 Å². The standard InChI is InChI=1S/C12H15N5S/c1-8-11(18-7-16-8)6-17(2)9-3-4-15-10(5-9)12(13)14/h3-5,7H,6H2,1-2H3,(H3,13,14). The van der Waals surface area contributed by atoms with E-state index in [4.69, 9.17) is 11.1 Å². The van der Waals surface area contributed by atoms with Gasteiger partial charge in [-0.15, -0.1) is 11.3 Å². The van der Waals surface area contributed by atoms with Gasteiger partial charge >= 0.3 is 0 Å². The zero-order chi connectivity index (χ0) is 13.1. The lowest BCUT2D eigenvalue weighted by Gasteiger charge is -2.19. The molecule has 0 spiro atoms. The van der Waals surface area contributed by atoms with E-state index in [2.05, 4.69) is 14.9 Å². The van der Waals surface area contributed by atoms with Crippen LogP contribution in [-0.2, 0) is 6.54 Å². The lowest BCUT2D eigenvalue weighted by molar-refractivity contribution is 0.923. The summed E-state index contributed by atoms with van der Waals surface area (Å²) in [6.07, 6.45) is 1.67. The topological polar surface area (TPSA) is 78.9 Å². The molecule has 0 aliphatic carbocycles. The Bertz CT molecular complexity index is 563. The van der Waals surface area contributed by atoms with E-state index < -0.39 is 0 Å². The molecule has 3 N–H and O–H groups in total. The van der Waals surface area contributed by atoms with Crippen LogP contribution in [0.25, 0.3) is 0 Å². The van der Waals surface area contributed by atoms with Crippen LogP contribution in [0.4, 0.5) is 5.69 Å². The highest BCUT2D eigenvalue weighted by atomic mass is 32.1. The fourth-order valence-electron chi connectivity index (χ4n) is 1.59. The Morgan fingerprint density at radius 3 is 2.89 bits per heavy atom. The first kappa shape index (κ1) is 12.5. The van der Waals surface area contributed by atoms with Crippen LogP contribution in [0.3, 0.4) is 0 Å². The number of pyridine rings is 1. The Morgan fingerprint density at radius 1 is 1.50 bits per heavy atom. The van der Waals surface area contributed by atoms with Gasteiger partial charge in [-0.05, 0) is 19.1 Å². The molecule has 0 unspecified atom stereocenters. The van der Waals surface area contributed by atoms with Crippen LogP contribution >= 0.6 is 11.3 Å². The van der Waals surface area contributed by atoms with Crippen molar-refractivity contribution in [1.29, 1.82) is 5.41 Å². The molecular weight excluding hydrogens is 246 g/mol. The summed E-state index contributed by atoms with van der Waals surface area (Å²) < 4.78 is 0. The lowest BCUT2D eigenvalue weighted by atomic mass is 10.2. The molecule has 0 atom stereocenters. The van der Waals surface area contributed by atoms with E-state index in [1.807, 2.05) is 31.6 Å². The van der Waals surface area contributed by atoms with E-state index in [-0.39, 0.29) is 5.84 Å². The molecule has 0 amide bonds. The summed E-state index contributed by atoms with van der Waals surface area (Å²) in [5.41, 5.74) is 9.84. The zero-order valence-electron chi connectivity index (χ0n) is 10.3. The second-order valence-electron chi connectivity index (χ2n) is 4.03. The number of anilines is 1. The molecule has 0 aliphatic rings. The monoisotopic (exact) mass is 261 g/mol. The molecule has 2 aromatic heterocycles. The minimum absolute atomic E-state index is 0.0146. The molecule has 0 saturated heterocycles. The van der Waals surface area contributed by atoms with Crippen molar-refractivity contribution < 1.29 is 0 Å². The van der Waals surface area contributed by atoms with Gasteiger partial charge in [-0.2, -0.15) is 0 Å². The summed E-state index contributed by atoms with van der Waals surface area (Å²) in [5.74, 6) is -0.0146. The largest absolute Gasteiger partial charge is 0.382 e. The van der Waals surface area contributed by atoms with E-state index in [9.17, 15) is 0 Å². The third-order valence-corrected chi connectivity index (χ3v) is 3.61. The maximum Gasteiger partial charge on any atom is 0.141 e. The van der Waals surface area contributed by atoms with Gasteiger partial charge in [-0.25, -0.2) is 4.98 Å². The van der Waals surface area contributed by atoms with Crippen LogP contribution < -0.4 is 10.6 Å². The van der Waals surface area contributed by atoms with Crippen molar-refractivity contribution in [1.82, 2.24) is 9.97 Å². The highest BCUT2D eigenvalue weighted by Crippen LogP contribution is 2.19. The third kappa shape index (κ3) is 2.65. The molecule has 5 nitrogen and oxygen atoms in total. The number of nitrogens with zero attached hydrogens (tertiary/aromatic N) is 3. The summed E-state index contributed by atoms with van der Waals surface area (Å²) >= 11 is 1.65. The summed E-state index contributed by atoms with van der Waals surface area (Å²) in [7, 11) is 2.00. The Hall–Kier alpha value is -1.95. The first-order valence-electron chi connectivity index (χ1n) is 5.48. The van der Waals surface area contributed by atoms with E-state index >= 15 is 0 Å². The number of nitrogens with two attached hydrogens (primary N) is 1. The van der Waals surface area contributed by atoms with Gasteiger partial charge in [-0.3, -0.25) is 10.4 Å². The maximum absolute atomic E-state index is 7.39. The molecule has 2 heterocycles. The van der Waals surface area contributed by atoms with Crippen LogP contribution in [0.5, 0.6) is 0 Å². The van der Waals surface area contributed by atoms with Crippen LogP contribution in [0.2, 0.25) is 0 Å². The molecule has 2 rings (SSSR count). The van der Waals surface area contributed by atoms with Crippen molar-refractivity contribution in [3.8, 4) is 0 Å². The maximum atomic E-state index is 7.39. The molecule has 0 fully saturated rings. The van der Waals surface area contributed by atoms with Gasteiger partial charge in [0.2, 0.25) is 0 Å². The molecule has 6 heteroatoms. The Morgan fingerprint density at radius 2 is 2.28 bits per heavy atom. The van der Waals surface area contributed by atoms with Crippen LogP contribution in [0.1, 0.15) is 16.3 Å². The van der Waals surface area contributed by atoms with Crippen molar-refractivity contribution in [3.05, 3.63) is 40.1 Å². The number of nitrogens with one attached hydrogen (secondary N) is 1. The molecular formula is C12H15N5S. The predicted molar refractivity (Wildman–Crippen MR) is 74.2 cm³/mol. The van der Waals surface area contributed by atoms with E-state index in [0.29, 0.717) is 5.69 Å². The minimum atomic E-state index is -0.0146. The normalized spacial score (nSPS) is 10.3. The molecule has 18 heavy (non-hydrogen) atoms. The van der Waals surface area contributed by atoms with Gasteiger partial charge in [0.05, 0.1) is 17.7 Å². The van der Waals surface area contributed by atoms with Crippen molar-refractivity contribution in [2.45, 2.75) is 13.5 Å². The SMILES string of the molecule is Cc1ncsc1CN(C)c1ccnc(C(=N)N)c1. The van der Waals surface area contributed by atoms with E-state index in [1.165, 1.54) is 4.88 Å². The second-order valence-corrected chi connectivity index (χ2v) is 4.97. The third-order valence-electron chi connectivity index (χ3n) is 2.69. The van der Waals surface area contributed by atoms with Crippen molar-refractivity contribution in [2.24, 2.45) is 5.73 Å². The van der Waals surface area contributed by atoms with Crippen molar-refractivity contribution >= 4 is 22.9 Å². The number of rotatable bonds is 4. The molecule has 0 saturated carbocycles. The Labute approximate surface area is 110 Å². The summed E-state index contributed by atoms with van der Waals surface area (Å²) in [6.45, 7) is 2.80. The number of thiazole rings is 1. The number of nitrogen functional groups attached to an aromatic ring is 1. The van der Waals surface area contributed by atoms with Crippen LogP contribution in [-0.4, -0.2) is 22.9 Å². The van der Waals surface area contributed by atoms with Gasteiger partial charge in [0.1, 0.15) is 11.5 Å². The van der Waals surface area contributed by atoms with Gasteiger partial charge in [-0.1, -0.05) is 0 Å². The highest BCUT2D eigenvalue weighted by molar-refractivity contribution is 7.09. The summed E-state index contributed by atoms with van der Waals surface area (Å²) in [6, 6.07) is 3.72. The molecule has 2 aromatic rings. The molecule has 0 aliphatic heterocycles. The summed E-state index contributed by atoms with van der Waals surface area (Å²) in [4.78, 5) is 11.6. The van der Waals surface area contributed by atoms with E-state index in [0.717, 1.165) is 17.9 Å². The molecule has 0 radical (unpaired) electrons. The van der Waals surface area contributed by atoms with Gasteiger partial charge in [0, 0.05) is 23.8 Å². The number of hydrogen-bond donors (Lipinski definition) is 2. The molecule has 94 valence electrons. The van der Waals surface area contributed by atoms with Crippen molar-refractivity contribution in [3.63, 3.8) is 0 Å².